The van der Waals surface area contributed by atoms with Crippen molar-refractivity contribution >= 4 is 10.9 Å². The Kier molecular flexibility index (Phi) is 2.97. The predicted octanol–water partition coefficient (Wildman–Crippen LogP) is 2.52. The van der Waals surface area contributed by atoms with Crippen molar-refractivity contribution in [3.8, 4) is 0 Å². The third-order valence-corrected chi connectivity index (χ3v) is 3.18. The lowest BCUT2D eigenvalue weighted by Crippen LogP contribution is -2.04. The van der Waals surface area contributed by atoms with Crippen LogP contribution >= 0.6 is 0 Å². The molecular weight excluding hydrogens is 203 g/mol. The maximum Gasteiger partial charge on any atom is 0.123 e. The van der Waals surface area contributed by atoms with E-state index in [0.717, 1.165) is 23.7 Å². The number of halogens is 1. The highest BCUT2D eigenvalue weighted by atomic mass is 19.1. The zero-order valence-electron chi connectivity index (χ0n) is 9.76. The van der Waals surface area contributed by atoms with Crippen molar-refractivity contribution in [2.24, 2.45) is 12.8 Å². The molecule has 2 N–H and O–H groups in total. The first-order chi connectivity index (χ1) is 7.65. The molecule has 2 rings (SSSR count). The van der Waals surface area contributed by atoms with E-state index in [9.17, 15) is 4.39 Å². The van der Waals surface area contributed by atoms with Crippen LogP contribution in [-0.4, -0.2) is 11.1 Å². The number of aryl methyl sites for hydroxylation is 2. The Morgan fingerprint density at radius 3 is 2.81 bits per heavy atom. The number of aromatic nitrogens is 1. The van der Waals surface area contributed by atoms with Gasteiger partial charge in [-0.25, -0.2) is 4.39 Å². The first kappa shape index (κ1) is 11.1. The Hall–Kier alpha value is -1.35. The van der Waals surface area contributed by atoms with Gasteiger partial charge in [-0.3, -0.25) is 0 Å². The number of fused-ring (bicyclic) bond motifs is 1. The molecule has 0 saturated heterocycles. The standard InChI is InChI=1S/C13H17FN2/c1-9-11-8-10(14)5-6-13(11)16(2)12(9)4-3-7-15/h5-6,8H,3-4,7,15H2,1-2H3. The zero-order chi connectivity index (χ0) is 11.7. The second kappa shape index (κ2) is 4.26. The number of benzene rings is 1. The molecule has 0 bridgehead atoms. The number of hydrogen-bond donors (Lipinski definition) is 1. The molecule has 1 heterocycles. The molecule has 1 aromatic heterocycles. The van der Waals surface area contributed by atoms with E-state index in [2.05, 4.69) is 4.57 Å². The summed E-state index contributed by atoms with van der Waals surface area (Å²) in [5.41, 5.74) is 9.04. The molecular formula is C13H17FN2. The molecule has 86 valence electrons. The molecule has 16 heavy (non-hydrogen) atoms. The maximum atomic E-state index is 13.2. The van der Waals surface area contributed by atoms with E-state index >= 15 is 0 Å². The summed E-state index contributed by atoms with van der Waals surface area (Å²) in [6, 6.07) is 4.95. The third-order valence-electron chi connectivity index (χ3n) is 3.18. The molecule has 0 fully saturated rings. The van der Waals surface area contributed by atoms with Gasteiger partial charge in [0.15, 0.2) is 0 Å². The molecule has 0 spiro atoms. The quantitative estimate of drug-likeness (QED) is 0.846. The van der Waals surface area contributed by atoms with Crippen LogP contribution in [0.1, 0.15) is 17.7 Å². The molecule has 1 aromatic carbocycles. The summed E-state index contributed by atoms with van der Waals surface area (Å²) in [5.74, 6) is -0.174. The van der Waals surface area contributed by atoms with Crippen molar-refractivity contribution in [2.75, 3.05) is 6.54 Å². The highest BCUT2D eigenvalue weighted by Crippen LogP contribution is 2.26. The van der Waals surface area contributed by atoms with Crippen LogP contribution in [0.25, 0.3) is 10.9 Å². The van der Waals surface area contributed by atoms with Crippen LogP contribution in [0.3, 0.4) is 0 Å². The molecule has 0 aliphatic heterocycles. The molecule has 0 unspecified atom stereocenters. The predicted molar refractivity (Wildman–Crippen MR) is 65.0 cm³/mol. The smallest absolute Gasteiger partial charge is 0.123 e. The summed E-state index contributed by atoms with van der Waals surface area (Å²) < 4.78 is 15.3. The van der Waals surface area contributed by atoms with Crippen molar-refractivity contribution in [3.63, 3.8) is 0 Å². The van der Waals surface area contributed by atoms with Crippen LogP contribution in [0.2, 0.25) is 0 Å². The van der Waals surface area contributed by atoms with Gasteiger partial charge in [0.1, 0.15) is 5.82 Å². The highest BCUT2D eigenvalue weighted by Gasteiger charge is 2.11. The summed E-state index contributed by atoms with van der Waals surface area (Å²) in [7, 11) is 2.03. The number of hydrogen-bond acceptors (Lipinski definition) is 1. The Balaban J connectivity index is 2.57. The normalized spacial score (nSPS) is 11.2. The van der Waals surface area contributed by atoms with Crippen LogP contribution in [0.4, 0.5) is 4.39 Å². The van der Waals surface area contributed by atoms with Gasteiger partial charge < -0.3 is 10.3 Å². The molecule has 0 amide bonds. The van der Waals surface area contributed by atoms with Crippen molar-refractivity contribution in [1.82, 2.24) is 4.57 Å². The van der Waals surface area contributed by atoms with E-state index in [1.807, 2.05) is 20.0 Å². The Morgan fingerprint density at radius 1 is 1.38 bits per heavy atom. The minimum absolute atomic E-state index is 0.174. The van der Waals surface area contributed by atoms with E-state index in [4.69, 9.17) is 5.73 Å². The lowest BCUT2D eigenvalue weighted by molar-refractivity contribution is 0.629. The summed E-state index contributed by atoms with van der Waals surface area (Å²) in [4.78, 5) is 0. The molecule has 0 aliphatic carbocycles. The van der Waals surface area contributed by atoms with E-state index in [-0.39, 0.29) is 5.82 Å². The van der Waals surface area contributed by atoms with Crippen LogP contribution in [0, 0.1) is 12.7 Å². The monoisotopic (exact) mass is 220 g/mol. The van der Waals surface area contributed by atoms with Crippen molar-refractivity contribution in [3.05, 3.63) is 35.3 Å². The maximum absolute atomic E-state index is 13.2. The Labute approximate surface area is 94.9 Å². The Morgan fingerprint density at radius 2 is 2.12 bits per heavy atom. The third kappa shape index (κ3) is 1.71. The topological polar surface area (TPSA) is 30.9 Å². The van der Waals surface area contributed by atoms with Gasteiger partial charge in [-0.15, -0.1) is 0 Å². The van der Waals surface area contributed by atoms with Gasteiger partial charge in [-0.05, 0) is 50.1 Å². The average Bonchev–Trinajstić information content (AvgIpc) is 2.50. The van der Waals surface area contributed by atoms with E-state index in [1.54, 1.807) is 6.07 Å². The van der Waals surface area contributed by atoms with Gasteiger partial charge in [-0.2, -0.15) is 0 Å². The SMILES string of the molecule is Cc1c(CCCN)n(C)c2ccc(F)cc12. The minimum atomic E-state index is -0.174. The van der Waals surface area contributed by atoms with Gasteiger partial charge in [0.05, 0.1) is 0 Å². The average molecular weight is 220 g/mol. The highest BCUT2D eigenvalue weighted by molar-refractivity contribution is 5.85. The van der Waals surface area contributed by atoms with Crippen molar-refractivity contribution < 1.29 is 4.39 Å². The van der Waals surface area contributed by atoms with Crippen LogP contribution in [-0.2, 0) is 13.5 Å². The van der Waals surface area contributed by atoms with Gasteiger partial charge in [0, 0.05) is 23.6 Å². The molecule has 0 saturated carbocycles. The summed E-state index contributed by atoms with van der Waals surface area (Å²) in [6.45, 7) is 2.74. The van der Waals surface area contributed by atoms with Crippen LogP contribution in [0.15, 0.2) is 18.2 Å². The summed E-state index contributed by atoms with van der Waals surface area (Å²) in [6.07, 6.45) is 1.92. The fourth-order valence-corrected chi connectivity index (χ4v) is 2.28. The molecule has 2 aromatic rings. The first-order valence-corrected chi connectivity index (χ1v) is 5.58. The summed E-state index contributed by atoms with van der Waals surface area (Å²) in [5, 5.41) is 1.01. The van der Waals surface area contributed by atoms with Gasteiger partial charge in [0.2, 0.25) is 0 Å². The first-order valence-electron chi connectivity index (χ1n) is 5.58. The number of nitrogens with zero attached hydrogens (tertiary/aromatic N) is 1. The fourth-order valence-electron chi connectivity index (χ4n) is 2.28. The van der Waals surface area contributed by atoms with Crippen molar-refractivity contribution in [2.45, 2.75) is 19.8 Å². The van der Waals surface area contributed by atoms with Crippen molar-refractivity contribution in [1.29, 1.82) is 0 Å². The molecule has 3 heteroatoms. The largest absolute Gasteiger partial charge is 0.347 e. The van der Waals surface area contributed by atoms with Crippen LogP contribution < -0.4 is 5.73 Å². The Bertz CT molecular complexity index is 514. The summed E-state index contributed by atoms with van der Waals surface area (Å²) >= 11 is 0. The number of rotatable bonds is 3. The van der Waals surface area contributed by atoms with E-state index in [1.165, 1.54) is 17.3 Å². The van der Waals surface area contributed by atoms with Crippen LogP contribution in [0.5, 0.6) is 0 Å². The van der Waals surface area contributed by atoms with E-state index in [0.29, 0.717) is 6.54 Å². The minimum Gasteiger partial charge on any atom is -0.347 e. The second-order valence-electron chi connectivity index (χ2n) is 4.18. The second-order valence-corrected chi connectivity index (χ2v) is 4.18. The van der Waals surface area contributed by atoms with E-state index < -0.39 is 0 Å². The van der Waals surface area contributed by atoms with Gasteiger partial charge >= 0.3 is 0 Å². The molecule has 0 radical (unpaired) electrons. The fraction of sp³-hybridized carbons (Fsp3) is 0.385. The molecule has 0 aliphatic rings. The number of nitrogens with two attached hydrogens (primary N) is 1. The lowest BCUT2D eigenvalue weighted by Gasteiger charge is -2.04. The van der Waals surface area contributed by atoms with Gasteiger partial charge in [0.25, 0.3) is 0 Å². The molecule has 2 nitrogen and oxygen atoms in total. The lowest BCUT2D eigenvalue weighted by atomic mass is 10.1. The molecule has 0 atom stereocenters. The zero-order valence-corrected chi connectivity index (χ0v) is 9.76. The van der Waals surface area contributed by atoms with Gasteiger partial charge in [-0.1, -0.05) is 0 Å².